The fourth-order valence-corrected chi connectivity index (χ4v) is 3.74. The van der Waals surface area contributed by atoms with Gasteiger partial charge >= 0.3 is 0 Å². The molecule has 1 aliphatic rings. The number of hydrogen-bond acceptors (Lipinski definition) is 4. The lowest BCUT2D eigenvalue weighted by Gasteiger charge is -2.33. The van der Waals surface area contributed by atoms with Gasteiger partial charge in [-0.15, -0.1) is 11.3 Å². The molecular formula is C16H20N4O2S. The Morgan fingerprint density at radius 2 is 2.30 bits per heavy atom. The van der Waals surface area contributed by atoms with Crippen LogP contribution < -0.4 is 5.32 Å². The topological polar surface area (TPSA) is 67.2 Å². The van der Waals surface area contributed by atoms with Gasteiger partial charge in [0.15, 0.2) is 0 Å². The Kier molecular flexibility index (Phi) is 4.76. The van der Waals surface area contributed by atoms with Gasteiger partial charge in [-0.2, -0.15) is 0 Å². The van der Waals surface area contributed by atoms with Gasteiger partial charge in [-0.25, -0.2) is 4.98 Å². The van der Waals surface area contributed by atoms with E-state index in [2.05, 4.69) is 14.9 Å². The lowest BCUT2D eigenvalue weighted by atomic mass is 10.1. The average molecular weight is 332 g/mol. The highest BCUT2D eigenvalue weighted by Gasteiger charge is 2.26. The van der Waals surface area contributed by atoms with E-state index in [1.54, 1.807) is 6.20 Å². The number of nitrogens with zero attached hydrogens (tertiary/aromatic N) is 3. The van der Waals surface area contributed by atoms with Crippen LogP contribution >= 0.6 is 11.3 Å². The van der Waals surface area contributed by atoms with E-state index in [-0.39, 0.29) is 11.8 Å². The quantitative estimate of drug-likeness (QED) is 0.932. The van der Waals surface area contributed by atoms with Crippen LogP contribution in [0, 0.1) is 0 Å². The van der Waals surface area contributed by atoms with Gasteiger partial charge < -0.3 is 14.8 Å². The second kappa shape index (κ2) is 6.95. The van der Waals surface area contributed by atoms with Crippen LogP contribution in [0.3, 0.4) is 0 Å². The predicted octanol–water partition coefficient (Wildman–Crippen LogP) is 2.06. The molecule has 3 heterocycles. The van der Waals surface area contributed by atoms with Crippen molar-refractivity contribution in [3.63, 3.8) is 0 Å². The van der Waals surface area contributed by atoms with Crippen molar-refractivity contribution in [1.29, 1.82) is 0 Å². The molecular weight excluding hydrogens is 312 g/mol. The van der Waals surface area contributed by atoms with Gasteiger partial charge in [0.05, 0.1) is 23.8 Å². The molecule has 1 N–H and O–H groups in total. The number of imidazole rings is 1. The maximum atomic E-state index is 12.7. The molecule has 0 spiro atoms. The zero-order valence-electron chi connectivity index (χ0n) is 13.1. The molecule has 0 saturated carbocycles. The molecule has 6 nitrogen and oxygen atoms in total. The van der Waals surface area contributed by atoms with Gasteiger partial charge in [0.1, 0.15) is 0 Å². The monoisotopic (exact) mass is 332 g/mol. The molecule has 2 aromatic rings. The van der Waals surface area contributed by atoms with E-state index in [0.717, 1.165) is 29.1 Å². The zero-order valence-corrected chi connectivity index (χ0v) is 13.9. The van der Waals surface area contributed by atoms with Crippen LogP contribution in [0.5, 0.6) is 0 Å². The van der Waals surface area contributed by atoms with Gasteiger partial charge in [-0.05, 0) is 25.0 Å². The SMILES string of the molecule is CC(=O)NCc1ccc(C(=O)N2CCCC(n3ccnc3)C2)s1. The lowest BCUT2D eigenvalue weighted by molar-refractivity contribution is -0.119. The smallest absolute Gasteiger partial charge is 0.263 e. The van der Waals surface area contributed by atoms with Crippen molar-refractivity contribution in [2.24, 2.45) is 0 Å². The van der Waals surface area contributed by atoms with E-state index < -0.39 is 0 Å². The van der Waals surface area contributed by atoms with Crippen molar-refractivity contribution in [2.75, 3.05) is 13.1 Å². The van der Waals surface area contributed by atoms with Gasteiger partial charge in [0.25, 0.3) is 5.91 Å². The molecule has 23 heavy (non-hydrogen) atoms. The maximum Gasteiger partial charge on any atom is 0.263 e. The molecule has 1 unspecified atom stereocenters. The summed E-state index contributed by atoms with van der Waals surface area (Å²) in [5.41, 5.74) is 0. The largest absolute Gasteiger partial charge is 0.351 e. The first-order valence-corrected chi connectivity index (χ1v) is 8.55. The number of rotatable bonds is 4. The summed E-state index contributed by atoms with van der Waals surface area (Å²) in [5.74, 6) is 0.0133. The fourth-order valence-electron chi connectivity index (χ4n) is 2.82. The number of carbonyl (C=O) groups excluding carboxylic acids is 2. The van der Waals surface area contributed by atoms with Gasteiger partial charge in [-0.1, -0.05) is 0 Å². The summed E-state index contributed by atoms with van der Waals surface area (Å²) in [7, 11) is 0. The van der Waals surface area contributed by atoms with Crippen molar-refractivity contribution in [3.8, 4) is 0 Å². The Hall–Kier alpha value is -2.15. The number of likely N-dealkylation sites (tertiary alicyclic amines) is 1. The summed E-state index contributed by atoms with van der Waals surface area (Å²) in [6.45, 7) is 3.48. The Labute approximate surface area is 139 Å². The molecule has 0 aliphatic carbocycles. The summed E-state index contributed by atoms with van der Waals surface area (Å²) in [4.78, 5) is 31.4. The molecule has 2 aromatic heterocycles. The summed E-state index contributed by atoms with van der Waals surface area (Å²) >= 11 is 1.45. The zero-order chi connectivity index (χ0) is 16.2. The number of hydrogen-bond donors (Lipinski definition) is 1. The number of carbonyl (C=O) groups is 2. The van der Waals surface area contributed by atoms with Crippen molar-refractivity contribution in [2.45, 2.75) is 32.4 Å². The van der Waals surface area contributed by atoms with Gasteiger partial charge in [0, 0.05) is 37.3 Å². The third kappa shape index (κ3) is 3.79. The highest BCUT2D eigenvalue weighted by molar-refractivity contribution is 7.14. The number of aromatic nitrogens is 2. The first-order valence-electron chi connectivity index (χ1n) is 7.73. The van der Waals surface area contributed by atoms with Crippen molar-refractivity contribution < 1.29 is 9.59 Å². The number of nitrogens with one attached hydrogen (secondary N) is 1. The predicted molar refractivity (Wildman–Crippen MR) is 88.2 cm³/mol. The summed E-state index contributed by atoms with van der Waals surface area (Å²) in [6.07, 6.45) is 7.61. The lowest BCUT2D eigenvalue weighted by Crippen LogP contribution is -2.40. The summed E-state index contributed by atoms with van der Waals surface area (Å²) < 4.78 is 2.08. The number of amides is 2. The molecule has 122 valence electrons. The van der Waals surface area contributed by atoms with Crippen LogP contribution in [0.1, 0.15) is 40.4 Å². The molecule has 1 fully saturated rings. The van der Waals surface area contributed by atoms with Crippen LogP contribution in [0.4, 0.5) is 0 Å². The van der Waals surface area contributed by atoms with Crippen LogP contribution in [0.15, 0.2) is 30.9 Å². The van der Waals surface area contributed by atoms with Crippen molar-refractivity contribution in [3.05, 3.63) is 40.6 Å². The second-order valence-corrected chi connectivity index (χ2v) is 6.90. The van der Waals surface area contributed by atoms with Gasteiger partial charge in [-0.3, -0.25) is 9.59 Å². The first kappa shape index (κ1) is 15.7. The highest BCUT2D eigenvalue weighted by atomic mass is 32.1. The van der Waals surface area contributed by atoms with Crippen molar-refractivity contribution in [1.82, 2.24) is 19.8 Å². The van der Waals surface area contributed by atoms with Crippen LogP contribution in [-0.4, -0.2) is 39.4 Å². The van der Waals surface area contributed by atoms with Gasteiger partial charge in [0.2, 0.25) is 5.91 Å². The second-order valence-electron chi connectivity index (χ2n) is 5.73. The van der Waals surface area contributed by atoms with Crippen LogP contribution in [0.2, 0.25) is 0 Å². The van der Waals surface area contributed by atoms with Crippen LogP contribution in [0.25, 0.3) is 0 Å². The standard InChI is InChI=1S/C16H20N4O2S/c1-12(21)18-9-14-4-5-15(23-14)16(22)19-7-2-3-13(10-19)20-8-6-17-11-20/h4-6,8,11,13H,2-3,7,9-10H2,1H3,(H,18,21). The van der Waals surface area contributed by atoms with E-state index in [9.17, 15) is 9.59 Å². The molecule has 0 bridgehead atoms. The third-order valence-corrected chi connectivity index (χ3v) is 5.09. The van der Waals surface area contributed by atoms with E-state index in [1.165, 1.54) is 18.3 Å². The Bertz CT molecular complexity index is 680. The minimum atomic E-state index is -0.0644. The maximum absolute atomic E-state index is 12.7. The highest BCUT2D eigenvalue weighted by Crippen LogP contribution is 2.25. The summed E-state index contributed by atoms with van der Waals surface area (Å²) in [6, 6.07) is 4.06. The number of thiophene rings is 1. The Morgan fingerprint density at radius 1 is 1.43 bits per heavy atom. The fraction of sp³-hybridized carbons (Fsp3) is 0.438. The molecule has 1 aliphatic heterocycles. The average Bonchev–Trinajstić information content (AvgIpc) is 3.24. The van der Waals surface area contributed by atoms with Crippen LogP contribution in [-0.2, 0) is 11.3 Å². The molecule has 1 saturated heterocycles. The molecule has 3 rings (SSSR count). The van der Waals surface area contributed by atoms with E-state index in [0.29, 0.717) is 19.1 Å². The minimum absolute atomic E-state index is 0.0644. The summed E-state index contributed by atoms with van der Waals surface area (Å²) in [5, 5.41) is 2.76. The van der Waals surface area contributed by atoms with E-state index in [1.807, 2.05) is 29.6 Å². The third-order valence-electron chi connectivity index (χ3n) is 4.01. The van der Waals surface area contributed by atoms with Crippen molar-refractivity contribution >= 4 is 23.2 Å². The molecule has 0 radical (unpaired) electrons. The number of piperidine rings is 1. The van der Waals surface area contributed by atoms with E-state index in [4.69, 9.17) is 0 Å². The molecule has 7 heteroatoms. The minimum Gasteiger partial charge on any atom is -0.351 e. The first-order chi connectivity index (χ1) is 11.1. The van der Waals surface area contributed by atoms with E-state index >= 15 is 0 Å². The normalized spacial score (nSPS) is 18.0. The molecule has 1 atom stereocenters. The Morgan fingerprint density at radius 3 is 3.04 bits per heavy atom. The molecule has 0 aromatic carbocycles. The Balaban J connectivity index is 1.64. The molecule has 2 amide bonds.